The zero-order chi connectivity index (χ0) is 32.7. The smallest absolute Gasteiger partial charge is 0.311 e. The minimum absolute atomic E-state index is 0.0615. The van der Waals surface area contributed by atoms with Gasteiger partial charge in [-0.05, 0) is 70.8 Å². The lowest BCUT2D eigenvalue weighted by Gasteiger charge is -2.46. The minimum atomic E-state index is -2.99. The molecule has 0 aliphatic carbocycles. The Bertz CT molecular complexity index is 1250. The van der Waals surface area contributed by atoms with Crippen molar-refractivity contribution in [3.63, 3.8) is 0 Å². The highest BCUT2D eigenvalue weighted by Crippen LogP contribution is 2.42. The second-order valence-electron chi connectivity index (χ2n) is 15.4. The molecule has 0 radical (unpaired) electrons. The average Bonchev–Trinajstić information content (AvgIpc) is 3.23. The Morgan fingerprint density at radius 1 is 0.727 bits per heavy atom. The number of hydrogen-bond donors (Lipinski definition) is 0. The fourth-order valence-corrected chi connectivity index (χ4v) is 10.3. The Morgan fingerprint density at radius 2 is 1.18 bits per heavy atom. The predicted octanol–water partition coefficient (Wildman–Crippen LogP) is 5.36. The predicted molar refractivity (Wildman–Crippen MR) is 171 cm³/mol. The van der Waals surface area contributed by atoms with Crippen molar-refractivity contribution in [2.45, 2.75) is 118 Å². The molecule has 2 aromatic carbocycles. The third kappa shape index (κ3) is 7.12. The summed E-state index contributed by atoms with van der Waals surface area (Å²) < 4.78 is 38.4. The summed E-state index contributed by atoms with van der Waals surface area (Å²) >= 11 is 0. The standard InChI is InChI=1S/C35H50O8Si/c1-32(2,3)30(36)40-26-25(39-29-28(42-35(10,11)43-29)27(26)41-31(37)33(4,5)6)22-38-44(34(7,8)9,23-18-14-12-15-19-23)24-20-16-13-17-21-24/h12-21,25-29H,22H2,1-11H3/t25-,26-,27+,28-,29-/m1/s1. The maximum atomic E-state index is 13.4. The van der Waals surface area contributed by atoms with Crippen molar-refractivity contribution in [3.05, 3.63) is 60.7 Å². The molecule has 2 aromatic rings. The van der Waals surface area contributed by atoms with Crippen LogP contribution in [0.1, 0.15) is 76.2 Å². The van der Waals surface area contributed by atoms with Gasteiger partial charge in [-0.25, -0.2) is 0 Å². The normalized spacial score (nSPS) is 25.7. The molecule has 2 aliphatic rings. The van der Waals surface area contributed by atoms with Crippen LogP contribution in [0.15, 0.2) is 60.7 Å². The molecule has 5 atom stereocenters. The molecule has 2 fully saturated rings. The number of fused-ring (bicyclic) bond motifs is 1. The van der Waals surface area contributed by atoms with Crippen molar-refractivity contribution in [1.82, 2.24) is 0 Å². The molecule has 2 saturated heterocycles. The molecule has 44 heavy (non-hydrogen) atoms. The molecular weight excluding hydrogens is 576 g/mol. The van der Waals surface area contributed by atoms with Crippen LogP contribution < -0.4 is 10.4 Å². The Hall–Kier alpha value is -2.56. The lowest BCUT2D eigenvalue weighted by atomic mass is 9.94. The Morgan fingerprint density at radius 3 is 1.61 bits per heavy atom. The minimum Gasteiger partial charge on any atom is -0.455 e. The number of ether oxygens (including phenoxy) is 5. The van der Waals surface area contributed by atoms with Crippen molar-refractivity contribution in [2.24, 2.45) is 10.8 Å². The molecule has 0 amide bonds. The molecule has 2 heterocycles. The molecule has 242 valence electrons. The van der Waals surface area contributed by atoms with Crippen molar-refractivity contribution >= 4 is 30.6 Å². The first-order valence-electron chi connectivity index (χ1n) is 15.4. The van der Waals surface area contributed by atoms with E-state index in [1.807, 2.05) is 36.4 Å². The van der Waals surface area contributed by atoms with Gasteiger partial charge in [-0.2, -0.15) is 0 Å². The van der Waals surface area contributed by atoms with Gasteiger partial charge in [0.05, 0.1) is 17.4 Å². The van der Waals surface area contributed by atoms with Gasteiger partial charge in [0.25, 0.3) is 8.32 Å². The van der Waals surface area contributed by atoms with Gasteiger partial charge in [-0.15, -0.1) is 0 Å². The summed E-state index contributed by atoms with van der Waals surface area (Å²) in [7, 11) is -2.99. The number of rotatable bonds is 7. The highest BCUT2D eigenvalue weighted by atomic mass is 28.4. The second kappa shape index (κ2) is 12.3. The highest BCUT2D eigenvalue weighted by molar-refractivity contribution is 6.99. The van der Waals surface area contributed by atoms with Gasteiger partial charge in [0.1, 0.15) is 6.10 Å². The number of carbonyl (C=O) groups is 2. The van der Waals surface area contributed by atoms with Gasteiger partial charge < -0.3 is 28.1 Å². The number of hydrogen-bond acceptors (Lipinski definition) is 8. The van der Waals surface area contributed by atoms with Crippen LogP contribution in [0.2, 0.25) is 5.04 Å². The van der Waals surface area contributed by atoms with Gasteiger partial charge in [0.2, 0.25) is 0 Å². The lowest BCUT2D eigenvalue weighted by Crippen LogP contribution is -2.68. The number of carbonyl (C=O) groups excluding carboxylic acids is 2. The first-order chi connectivity index (χ1) is 20.3. The van der Waals surface area contributed by atoms with E-state index in [9.17, 15) is 9.59 Å². The number of benzene rings is 2. The van der Waals surface area contributed by atoms with E-state index in [0.29, 0.717) is 0 Å². The van der Waals surface area contributed by atoms with E-state index >= 15 is 0 Å². The first kappa shape index (κ1) is 34.3. The van der Waals surface area contributed by atoms with Crippen molar-refractivity contribution < 1.29 is 37.7 Å². The van der Waals surface area contributed by atoms with E-state index in [4.69, 9.17) is 28.1 Å². The summed E-state index contributed by atoms with van der Waals surface area (Å²) in [5.74, 6) is -1.90. The highest BCUT2D eigenvalue weighted by Gasteiger charge is 2.59. The summed E-state index contributed by atoms with van der Waals surface area (Å²) in [5, 5.41) is 1.92. The summed E-state index contributed by atoms with van der Waals surface area (Å²) in [6, 6.07) is 20.6. The maximum absolute atomic E-state index is 13.4. The van der Waals surface area contributed by atoms with Crippen LogP contribution in [0, 0.1) is 10.8 Å². The van der Waals surface area contributed by atoms with Gasteiger partial charge in [0.15, 0.2) is 30.4 Å². The first-order valence-corrected chi connectivity index (χ1v) is 17.4. The number of esters is 2. The molecular formula is C35H50O8Si. The van der Waals surface area contributed by atoms with Crippen LogP contribution in [-0.4, -0.2) is 63.4 Å². The Balaban J connectivity index is 1.80. The van der Waals surface area contributed by atoms with E-state index < -0.39 is 67.6 Å². The van der Waals surface area contributed by atoms with E-state index in [1.165, 1.54) is 0 Å². The Labute approximate surface area is 263 Å². The zero-order valence-corrected chi connectivity index (χ0v) is 29.1. The summed E-state index contributed by atoms with van der Waals surface area (Å²) in [5.41, 5.74) is -1.62. The van der Waals surface area contributed by atoms with E-state index in [0.717, 1.165) is 10.4 Å². The van der Waals surface area contributed by atoms with Gasteiger partial charge >= 0.3 is 11.9 Å². The van der Waals surface area contributed by atoms with Crippen LogP contribution in [0.5, 0.6) is 0 Å². The fourth-order valence-electron chi connectivity index (χ4n) is 5.71. The van der Waals surface area contributed by atoms with E-state index in [1.54, 1.807) is 55.4 Å². The molecule has 8 nitrogen and oxygen atoms in total. The Kier molecular flexibility index (Phi) is 9.61. The molecule has 0 unspecified atom stereocenters. The molecule has 9 heteroatoms. The van der Waals surface area contributed by atoms with Crippen molar-refractivity contribution in [2.75, 3.05) is 6.61 Å². The summed E-state index contributed by atoms with van der Waals surface area (Å²) in [6.45, 7) is 20.9. The molecule has 0 spiro atoms. The summed E-state index contributed by atoms with van der Waals surface area (Å²) in [6.07, 6.45) is -4.48. The molecule has 0 N–H and O–H groups in total. The third-order valence-electron chi connectivity index (χ3n) is 8.00. The van der Waals surface area contributed by atoms with Gasteiger partial charge in [-0.3, -0.25) is 9.59 Å². The zero-order valence-electron chi connectivity index (χ0n) is 28.1. The monoisotopic (exact) mass is 626 g/mol. The molecule has 0 saturated carbocycles. The second-order valence-corrected chi connectivity index (χ2v) is 19.7. The fraction of sp³-hybridized carbons (Fsp3) is 0.600. The van der Waals surface area contributed by atoms with E-state index in [-0.39, 0.29) is 11.6 Å². The topological polar surface area (TPSA) is 89.5 Å². The maximum Gasteiger partial charge on any atom is 0.311 e. The average molecular weight is 627 g/mol. The molecule has 4 rings (SSSR count). The van der Waals surface area contributed by atoms with Crippen molar-refractivity contribution in [3.8, 4) is 0 Å². The largest absolute Gasteiger partial charge is 0.455 e. The molecule has 0 aromatic heterocycles. The molecule has 2 aliphatic heterocycles. The lowest BCUT2D eigenvalue weighted by molar-refractivity contribution is -0.268. The van der Waals surface area contributed by atoms with Crippen LogP contribution in [-0.2, 0) is 37.7 Å². The van der Waals surface area contributed by atoms with Crippen LogP contribution >= 0.6 is 0 Å². The summed E-state index contributed by atoms with van der Waals surface area (Å²) in [4.78, 5) is 26.7. The van der Waals surface area contributed by atoms with E-state index in [2.05, 4.69) is 45.0 Å². The van der Waals surface area contributed by atoms with Gasteiger partial charge in [0, 0.05) is 0 Å². The quantitative estimate of drug-likeness (QED) is 0.300. The van der Waals surface area contributed by atoms with Crippen molar-refractivity contribution in [1.29, 1.82) is 0 Å². The SMILES string of the molecule is CC1(C)O[C@H]2O[C@H](CO[Si](c3ccccc3)(c3ccccc3)C(C)(C)C)[C@@H](OC(=O)C(C)(C)C)[C@H](OC(=O)C(C)(C)C)[C@H]2O1. The van der Waals surface area contributed by atoms with Crippen LogP contribution in [0.3, 0.4) is 0 Å². The third-order valence-corrected chi connectivity index (χ3v) is 13.0. The van der Waals surface area contributed by atoms with Crippen LogP contribution in [0.25, 0.3) is 0 Å². The molecule has 0 bridgehead atoms. The van der Waals surface area contributed by atoms with Crippen LogP contribution in [0.4, 0.5) is 0 Å². The van der Waals surface area contributed by atoms with Gasteiger partial charge in [-0.1, -0.05) is 81.4 Å².